The van der Waals surface area contributed by atoms with E-state index in [1.54, 1.807) is 35.6 Å². The Balaban J connectivity index is 1.58. The summed E-state index contributed by atoms with van der Waals surface area (Å²) in [4.78, 5) is 27.8. The van der Waals surface area contributed by atoms with Gasteiger partial charge in [-0.3, -0.25) is 9.59 Å². The Labute approximate surface area is 143 Å². The van der Waals surface area contributed by atoms with E-state index in [9.17, 15) is 9.59 Å². The maximum absolute atomic E-state index is 12.2. The van der Waals surface area contributed by atoms with E-state index in [4.69, 9.17) is 0 Å². The second-order valence-electron chi connectivity index (χ2n) is 5.34. The number of para-hydroxylation sites is 1. The van der Waals surface area contributed by atoms with Gasteiger partial charge in [0.15, 0.2) is 0 Å². The molecule has 0 saturated carbocycles. The molecule has 0 unspecified atom stereocenters. The van der Waals surface area contributed by atoms with Crippen molar-refractivity contribution in [1.29, 1.82) is 0 Å². The van der Waals surface area contributed by atoms with Crippen LogP contribution in [0.2, 0.25) is 0 Å². The molecule has 3 rings (SSSR count). The molecule has 3 aromatic rings. The molecule has 0 spiro atoms. The lowest BCUT2D eigenvalue weighted by molar-refractivity contribution is -0.114. The molecule has 0 fully saturated rings. The largest absolute Gasteiger partial charge is 0.352 e. The Morgan fingerprint density at radius 2 is 1.96 bits per heavy atom. The van der Waals surface area contributed by atoms with E-state index in [1.807, 2.05) is 24.3 Å². The number of benzene rings is 2. The van der Waals surface area contributed by atoms with Gasteiger partial charge in [0.05, 0.1) is 15.2 Å². The maximum Gasteiger partial charge on any atom is 0.251 e. The van der Waals surface area contributed by atoms with Crippen LogP contribution in [-0.2, 0) is 11.2 Å². The Morgan fingerprint density at radius 3 is 2.75 bits per heavy atom. The zero-order valence-electron chi connectivity index (χ0n) is 13.2. The van der Waals surface area contributed by atoms with E-state index in [2.05, 4.69) is 15.6 Å². The van der Waals surface area contributed by atoms with E-state index in [0.717, 1.165) is 15.2 Å². The highest BCUT2D eigenvalue weighted by Gasteiger charge is 2.08. The first-order valence-corrected chi connectivity index (χ1v) is 8.44. The molecular weight excluding hydrogens is 322 g/mol. The molecular formula is C18H17N3O2S. The van der Waals surface area contributed by atoms with Crippen molar-refractivity contribution in [3.8, 4) is 0 Å². The van der Waals surface area contributed by atoms with Crippen molar-refractivity contribution < 1.29 is 9.59 Å². The maximum atomic E-state index is 12.2. The lowest BCUT2D eigenvalue weighted by Gasteiger charge is -2.06. The first-order valence-electron chi connectivity index (χ1n) is 7.62. The fraction of sp³-hybridized carbons (Fsp3) is 0.167. The smallest absolute Gasteiger partial charge is 0.251 e. The van der Waals surface area contributed by atoms with Crippen LogP contribution in [0.5, 0.6) is 0 Å². The highest BCUT2D eigenvalue weighted by Crippen LogP contribution is 2.21. The standard InChI is InChI=1S/C18H17N3O2S/c1-12(22)20-14-6-4-5-13(11-14)18(23)19-10-9-17-21-15-7-2-3-8-16(15)24-17/h2-8,11H,9-10H2,1H3,(H,19,23)(H,20,22). The van der Waals surface area contributed by atoms with Crippen molar-refractivity contribution in [2.24, 2.45) is 0 Å². The lowest BCUT2D eigenvalue weighted by Crippen LogP contribution is -2.25. The van der Waals surface area contributed by atoms with Gasteiger partial charge in [-0.05, 0) is 30.3 Å². The third-order valence-electron chi connectivity index (χ3n) is 3.41. The number of aromatic nitrogens is 1. The van der Waals surface area contributed by atoms with Crippen LogP contribution in [0, 0.1) is 0 Å². The van der Waals surface area contributed by atoms with Crippen molar-refractivity contribution >= 4 is 39.1 Å². The van der Waals surface area contributed by atoms with Crippen molar-refractivity contribution in [1.82, 2.24) is 10.3 Å². The highest BCUT2D eigenvalue weighted by atomic mass is 32.1. The number of rotatable bonds is 5. The number of anilines is 1. The predicted octanol–water partition coefficient (Wildman–Crippen LogP) is 3.23. The second kappa shape index (κ2) is 7.23. The molecule has 0 atom stereocenters. The summed E-state index contributed by atoms with van der Waals surface area (Å²) in [6, 6.07) is 14.9. The number of nitrogens with one attached hydrogen (secondary N) is 2. The Kier molecular flexibility index (Phi) is 4.86. The molecule has 0 radical (unpaired) electrons. The molecule has 1 heterocycles. The number of hydrogen-bond acceptors (Lipinski definition) is 4. The number of carbonyl (C=O) groups excluding carboxylic acids is 2. The number of thiazole rings is 1. The van der Waals surface area contributed by atoms with E-state index in [0.29, 0.717) is 24.2 Å². The normalized spacial score (nSPS) is 10.5. The Bertz CT molecular complexity index is 856. The fourth-order valence-electron chi connectivity index (χ4n) is 2.35. The van der Waals surface area contributed by atoms with Gasteiger partial charge in [0.1, 0.15) is 0 Å². The minimum Gasteiger partial charge on any atom is -0.352 e. The molecule has 6 heteroatoms. The fourth-order valence-corrected chi connectivity index (χ4v) is 3.32. The Hall–Kier alpha value is -2.73. The molecule has 24 heavy (non-hydrogen) atoms. The van der Waals surface area contributed by atoms with Gasteiger partial charge in [-0.1, -0.05) is 18.2 Å². The van der Waals surface area contributed by atoms with Crippen molar-refractivity contribution in [2.75, 3.05) is 11.9 Å². The molecule has 2 aromatic carbocycles. The van der Waals surface area contributed by atoms with E-state index < -0.39 is 0 Å². The Morgan fingerprint density at radius 1 is 1.12 bits per heavy atom. The van der Waals surface area contributed by atoms with Crippen LogP contribution in [-0.4, -0.2) is 23.3 Å². The quantitative estimate of drug-likeness (QED) is 0.750. The number of amides is 2. The van der Waals surface area contributed by atoms with Crippen molar-refractivity contribution in [3.63, 3.8) is 0 Å². The van der Waals surface area contributed by atoms with Gasteiger partial charge in [0, 0.05) is 31.1 Å². The average Bonchev–Trinajstić information content (AvgIpc) is 2.97. The summed E-state index contributed by atoms with van der Waals surface area (Å²) in [6.07, 6.45) is 0.691. The molecule has 5 nitrogen and oxygen atoms in total. The van der Waals surface area contributed by atoms with Gasteiger partial charge in [-0.25, -0.2) is 4.98 Å². The van der Waals surface area contributed by atoms with Crippen LogP contribution in [0.1, 0.15) is 22.3 Å². The van der Waals surface area contributed by atoms with Crippen LogP contribution in [0.4, 0.5) is 5.69 Å². The predicted molar refractivity (Wildman–Crippen MR) is 96.4 cm³/mol. The number of nitrogens with zero attached hydrogens (tertiary/aromatic N) is 1. The minimum atomic E-state index is -0.164. The molecule has 0 aliphatic rings. The van der Waals surface area contributed by atoms with Crippen LogP contribution in [0.25, 0.3) is 10.2 Å². The number of hydrogen-bond donors (Lipinski definition) is 2. The highest BCUT2D eigenvalue weighted by molar-refractivity contribution is 7.18. The summed E-state index contributed by atoms with van der Waals surface area (Å²) in [5.41, 5.74) is 2.12. The van der Waals surface area contributed by atoms with Gasteiger partial charge in [-0.15, -0.1) is 11.3 Å². The van der Waals surface area contributed by atoms with E-state index in [-0.39, 0.29) is 11.8 Å². The molecule has 122 valence electrons. The van der Waals surface area contributed by atoms with E-state index >= 15 is 0 Å². The first-order chi connectivity index (χ1) is 11.6. The van der Waals surface area contributed by atoms with Crippen LogP contribution in [0.3, 0.4) is 0 Å². The summed E-state index contributed by atoms with van der Waals surface area (Å²) in [5, 5.41) is 6.56. The molecule has 0 aliphatic carbocycles. The zero-order valence-corrected chi connectivity index (χ0v) is 14.0. The van der Waals surface area contributed by atoms with Gasteiger partial charge < -0.3 is 10.6 Å². The van der Waals surface area contributed by atoms with Crippen LogP contribution < -0.4 is 10.6 Å². The molecule has 0 aliphatic heterocycles. The summed E-state index contributed by atoms with van der Waals surface area (Å²) in [6.45, 7) is 1.95. The molecule has 1 aromatic heterocycles. The van der Waals surface area contributed by atoms with Crippen LogP contribution in [0.15, 0.2) is 48.5 Å². The van der Waals surface area contributed by atoms with Crippen molar-refractivity contribution in [2.45, 2.75) is 13.3 Å². The first kappa shape index (κ1) is 16.1. The monoisotopic (exact) mass is 339 g/mol. The lowest BCUT2D eigenvalue weighted by atomic mass is 10.2. The summed E-state index contributed by atoms with van der Waals surface area (Å²) in [5.74, 6) is -0.327. The second-order valence-corrected chi connectivity index (χ2v) is 6.46. The zero-order chi connectivity index (χ0) is 16.9. The summed E-state index contributed by atoms with van der Waals surface area (Å²) >= 11 is 1.64. The number of carbonyl (C=O) groups is 2. The molecule has 2 amide bonds. The SMILES string of the molecule is CC(=O)Nc1cccc(C(=O)NCCc2nc3ccccc3s2)c1. The van der Waals surface area contributed by atoms with Gasteiger partial charge in [-0.2, -0.15) is 0 Å². The van der Waals surface area contributed by atoms with Gasteiger partial charge >= 0.3 is 0 Å². The molecule has 0 saturated heterocycles. The number of fused-ring (bicyclic) bond motifs is 1. The third-order valence-corrected chi connectivity index (χ3v) is 4.50. The van der Waals surface area contributed by atoms with Crippen LogP contribution >= 0.6 is 11.3 Å². The summed E-state index contributed by atoms with van der Waals surface area (Å²) < 4.78 is 1.15. The minimum absolute atomic E-state index is 0.164. The molecule has 2 N–H and O–H groups in total. The topological polar surface area (TPSA) is 71.1 Å². The van der Waals surface area contributed by atoms with E-state index in [1.165, 1.54) is 6.92 Å². The van der Waals surface area contributed by atoms with Crippen molar-refractivity contribution in [3.05, 3.63) is 59.1 Å². The van der Waals surface area contributed by atoms with Gasteiger partial charge in [0.2, 0.25) is 5.91 Å². The van der Waals surface area contributed by atoms with Gasteiger partial charge in [0.25, 0.3) is 5.91 Å². The third kappa shape index (κ3) is 3.97. The average molecular weight is 339 g/mol. The summed E-state index contributed by atoms with van der Waals surface area (Å²) in [7, 11) is 0. The molecule has 0 bridgehead atoms.